The minimum absolute atomic E-state index is 0.272. The van der Waals surface area contributed by atoms with Crippen molar-refractivity contribution in [2.45, 2.75) is 19.3 Å². The van der Waals surface area contributed by atoms with Gasteiger partial charge in [0.25, 0.3) is 0 Å². The lowest BCUT2D eigenvalue weighted by molar-refractivity contribution is 0.0697. The standard InChI is InChI=1S/C20H20N2O3/c23-20(24)16-4-6-18(7-5-16)22-19-8-3-14(11-17(19)12-21-22)9-10-25-13-15-1-2-15/h3-8,11-12,15H,1-2,9-10,13H2,(H,23,24). The quantitative estimate of drug-likeness (QED) is 0.668. The van der Waals surface area contributed by atoms with Gasteiger partial charge in [0, 0.05) is 12.0 Å². The average molecular weight is 336 g/mol. The Kier molecular flexibility index (Phi) is 4.24. The molecule has 0 amide bonds. The average Bonchev–Trinajstić information content (AvgIpc) is 3.36. The molecule has 5 heteroatoms. The fraction of sp³-hybridized carbons (Fsp3) is 0.300. The van der Waals surface area contributed by atoms with Crippen LogP contribution in [-0.4, -0.2) is 34.1 Å². The fourth-order valence-corrected chi connectivity index (χ4v) is 2.91. The van der Waals surface area contributed by atoms with E-state index < -0.39 is 5.97 Å². The monoisotopic (exact) mass is 336 g/mol. The summed E-state index contributed by atoms with van der Waals surface area (Å²) in [5.74, 6) is -0.126. The van der Waals surface area contributed by atoms with E-state index in [2.05, 4.69) is 23.3 Å². The Morgan fingerprint density at radius 1 is 1.20 bits per heavy atom. The molecule has 1 aliphatic carbocycles. The zero-order valence-corrected chi connectivity index (χ0v) is 13.9. The summed E-state index contributed by atoms with van der Waals surface area (Å²) >= 11 is 0. The number of carboxylic acids is 1. The first-order valence-electron chi connectivity index (χ1n) is 8.59. The summed E-state index contributed by atoms with van der Waals surface area (Å²) in [6, 6.07) is 13.0. The number of rotatable bonds is 7. The molecule has 5 nitrogen and oxygen atoms in total. The van der Waals surface area contributed by atoms with Crippen molar-refractivity contribution in [3.63, 3.8) is 0 Å². The van der Waals surface area contributed by atoms with Crippen LogP contribution in [-0.2, 0) is 11.2 Å². The Morgan fingerprint density at radius 3 is 2.72 bits per heavy atom. The first-order chi connectivity index (χ1) is 12.2. The van der Waals surface area contributed by atoms with Gasteiger partial charge >= 0.3 is 5.97 Å². The van der Waals surface area contributed by atoms with E-state index in [1.807, 2.05) is 10.9 Å². The van der Waals surface area contributed by atoms with Gasteiger partial charge in [-0.2, -0.15) is 5.10 Å². The fourth-order valence-electron chi connectivity index (χ4n) is 2.91. The van der Waals surface area contributed by atoms with Gasteiger partial charge in [0.05, 0.1) is 29.6 Å². The predicted molar refractivity (Wildman–Crippen MR) is 95.3 cm³/mol. The maximum atomic E-state index is 11.0. The van der Waals surface area contributed by atoms with Crippen LogP contribution < -0.4 is 0 Å². The van der Waals surface area contributed by atoms with Crippen molar-refractivity contribution in [1.82, 2.24) is 9.78 Å². The summed E-state index contributed by atoms with van der Waals surface area (Å²) in [7, 11) is 0. The lowest BCUT2D eigenvalue weighted by Gasteiger charge is -2.06. The van der Waals surface area contributed by atoms with Crippen molar-refractivity contribution < 1.29 is 14.6 Å². The van der Waals surface area contributed by atoms with E-state index in [1.165, 1.54) is 18.4 Å². The first-order valence-corrected chi connectivity index (χ1v) is 8.59. The molecule has 25 heavy (non-hydrogen) atoms. The van der Waals surface area contributed by atoms with Gasteiger partial charge in [-0.1, -0.05) is 6.07 Å². The lowest BCUT2D eigenvalue weighted by Crippen LogP contribution is -2.01. The topological polar surface area (TPSA) is 64.3 Å². The molecule has 1 aliphatic rings. The van der Waals surface area contributed by atoms with E-state index in [9.17, 15) is 4.79 Å². The molecular formula is C20H20N2O3. The minimum Gasteiger partial charge on any atom is -0.478 e. The molecule has 0 spiro atoms. The van der Waals surface area contributed by atoms with Crippen molar-refractivity contribution in [2.24, 2.45) is 5.92 Å². The van der Waals surface area contributed by atoms with Gasteiger partial charge in [0.1, 0.15) is 0 Å². The molecular weight excluding hydrogens is 316 g/mol. The van der Waals surface area contributed by atoms with Crippen molar-refractivity contribution in [3.8, 4) is 5.69 Å². The van der Waals surface area contributed by atoms with Crippen LogP contribution in [0.15, 0.2) is 48.7 Å². The molecule has 0 unspecified atom stereocenters. The molecule has 128 valence electrons. The Bertz CT molecular complexity index is 895. The predicted octanol–water partition coefficient (Wildman–Crippen LogP) is 3.69. The molecule has 1 N–H and O–H groups in total. The largest absolute Gasteiger partial charge is 0.478 e. The molecule has 0 saturated heterocycles. The molecule has 0 aliphatic heterocycles. The zero-order chi connectivity index (χ0) is 17.2. The summed E-state index contributed by atoms with van der Waals surface area (Å²) in [6.07, 6.45) is 5.38. The molecule has 0 radical (unpaired) electrons. The van der Waals surface area contributed by atoms with Crippen LogP contribution in [0.5, 0.6) is 0 Å². The van der Waals surface area contributed by atoms with E-state index in [4.69, 9.17) is 9.84 Å². The van der Waals surface area contributed by atoms with Gasteiger partial charge in [-0.3, -0.25) is 0 Å². The highest BCUT2D eigenvalue weighted by molar-refractivity contribution is 5.88. The Labute approximate surface area is 145 Å². The Hall–Kier alpha value is -2.66. The maximum Gasteiger partial charge on any atom is 0.335 e. The van der Waals surface area contributed by atoms with Gasteiger partial charge in [-0.15, -0.1) is 0 Å². The third kappa shape index (κ3) is 3.56. The molecule has 1 aromatic heterocycles. The molecule has 1 fully saturated rings. The number of fused-ring (bicyclic) bond motifs is 1. The van der Waals surface area contributed by atoms with Crippen molar-refractivity contribution in [1.29, 1.82) is 0 Å². The second-order valence-corrected chi connectivity index (χ2v) is 6.57. The lowest BCUT2D eigenvalue weighted by atomic mass is 10.1. The highest BCUT2D eigenvalue weighted by Gasteiger charge is 2.20. The van der Waals surface area contributed by atoms with Crippen LogP contribution in [0.25, 0.3) is 16.6 Å². The number of carboxylic acid groups (broad SMARTS) is 1. The SMILES string of the molecule is O=C(O)c1ccc(-n2ncc3cc(CCOCC4CC4)ccc32)cc1. The zero-order valence-electron chi connectivity index (χ0n) is 13.9. The van der Waals surface area contributed by atoms with E-state index >= 15 is 0 Å². The second kappa shape index (κ2) is 6.69. The van der Waals surface area contributed by atoms with Crippen molar-refractivity contribution in [3.05, 3.63) is 59.8 Å². The molecule has 1 saturated carbocycles. The Balaban J connectivity index is 1.49. The summed E-state index contributed by atoms with van der Waals surface area (Å²) in [4.78, 5) is 11.0. The summed E-state index contributed by atoms with van der Waals surface area (Å²) in [5, 5.41) is 14.5. The van der Waals surface area contributed by atoms with Crippen LogP contribution >= 0.6 is 0 Å². The number of hydrogen-bond donors (Lipinski definition) is 1. The molecule has 1 heterocycles. The molecule has 0 bridgehead atoms. The van der Waals surface area contributed by atoms with Crippen LogP contribution in [0.2, 0.25) is 0 Å². The van der Waals surface area contributed by atoms with Gasteiger partial charge in [0.15, 0.2) is 0 Å². The number of carbonyl (C=O) groups is 1. The summed E-state index contributed by atoms with van der Waals surface area (Å²) in [5.41, 5.74) is 3.36. The van der Waals surface area contributed by atoms with Gasteiger partial charge < -0.3 is 9.84 Å². The van der Waals surface area contributed by atoms with Crippen molar-refractivity contribution in [2.75, 3.05) is 13.2 Å². The number of ether oxygens (including phenoxy) is 1. The number of benzene rings is 2. The smallest absolute Gasteiger partial charge is 0.335 e. The molecule has 0 atom stereocenters. The highest BCUT2D eigenvalue weighted by atomic mass is 16.5. The van der Waals surface area contributed by atoms with E-state index in [0.717, 1.165) is 42.1 Å². The first kappa shape index (κ1) is 15.8. The Morgan fingerprint density at radius 2 is 2.00 bits per heavy atom. The third-order valence-corrected chi connectivity index (χ3v) is 4.58. The van der Waals surface area contributed by atoms with Crippen LogP contribution in [0.3, 0.4) is 0 Å². The third-order valence-electron chi connectivity index (χ3n) is 4.58. The number of hydrogen-bond acceptors (Lipinski definition) is 3. The van der Waals surface area contributed by atoms with E-state index in [0.29, 0.717) is 0 Å². The van der Waals surface area contributed by atoms with Crippen molar-refractivity contribution >= 4 is 16.9 Å². The van der Waals surface area contributed by atoms with Gasteiger partial charge in [0.2, 0.25) is 0 Å². The van der Waals surface area contributed by atoms with E-state index in [-0.39, 0.29) is 5.56 Å². The number of aromatic carboxylic acids is 1. The normalized spacial score (nSPS) is 14.1. The molecule has 2 aromatic carbocycles. The highest BCUT2D eigenvalue weighted by Crippen LogP contribution is 2.28. The summed E-state index contributed by atoms with van der Waals surface area (Å²) in [6.45, 7) is 1.65. The van der Waals surface area contributed by atoms with E-state index in [1.54, 1.807) is 24.3 Å². The summed E-state index contributed by atoms with van der Waals surface area (Å²) < 4.78 is 7.54. The van der Waals surface area contributed by atoms with Crippen LogP contribution in [0.1, 0.15) is 28.8 Å². The van der Waals surface area contributed by atoms with Gasteiger partial charge in [-0.05, 0) is 67.1 Å². The van der Waals surface area contributed by atoms with Crippen LogP contribution in [0, 0.1) is 5.92 Å². The van der Waals surface area contributed by atoms with Gasteiger partial charge in [-0.25, -0.2) is 9.48 Å². The molecule has 3 aromatic rings. The minimum atomic E-state index is -0.926. The van der Waals surface area contributed by atoms with Crippen LogP contribution in [0.4, 0.5) is 0 Å². The maximum absolute atomic E-state index is 11.0. The molecule has 4 rings (SSSR count). The number of nitrogens with zero attached hydrogens (tertiary/aromatic N) is 2. The number of aromatic nitrogens is 2. The second-order valence-electron chi connectivity index (χ2n) is 6.57.